The summed E-state index contributed by atoms with van der Waals surface area (Å²) < 4.78 is 27.6. The molecule has 1 aromatic carbocycles. The average molecular weight is 565 g/mol. The van der Waals surface area contributed by atoms with Gasteiger partial charge in [-0.05, 0) is 44.6 Å². The van der Waals surface area contributed by atoms with Crippen LogP contribution in [0.3, 0.4) is 0 Å². The van der Waals surface area contributed by atoms with E-state index in [1.54, 1.807) is 21.3 Å². The number of ether oxygens (including phenoxy) is 5. The highest BCUT2D eigenvalue weighted by Crippen LogP contribution is 2.39. The van der Waals surface area contributed by atoms with Crippen molar-refractivity contribution in [1.29, 1.82) is 0 Å². The summed E-state index contributed by atoms with van der Waals surface area (Å²) in [5.41, 5.74) is 1.05. The molecule has 0 radical (unpaired) electrons. The number of benzene rings is 1. The predicted molar refractivity (Wildman–Crippen MR) is 138 cm³/mol. The van der Waals surface area contributed by atoms with Crippen molar-refractivity contribution in [1.82, 2.24) is 10.6 Å². The van der Waals surface area contributed by atoms with Crippen LogP contribution < -0.4 is 24.8 Å². The lowest BCUT2D eigenvalue weighted by Gasteiger charge is -2.21. The van der Waals surface area contributed by atoms with Gasteiger partial charge in [-0.3, -0.25) is 4.99 Å². The van der Waals surface area contributed by atoms with Crippen molar-refractivity contribution in [2.24, 2.45) is 10.9 Å². The van der Waals surface area contributed by atoms with Crippen LogP contribution in [-0.4, -0.2) is 73.4 Å². The molecule has 0 unspecified atom stereocenters. The monoisotopic (exact) mass is 565 g/mol. The fraction of sp³-hybridized carbons (Fsp3) is 0.696. The van der Waals surface area contributed by atoms with E-state index in [9.17, 15) is 0 Å². The van der Waals surface area contributed by atoms with Crippen LogP contribution in [0.4, 0.5) is 0 Å². The Kier molecular flexibility index (Phi) is 15.2. The zero-order valence-corrected chi connectivity index (χ0v) is 22.2. The average Bonchev–Trinajstić information content (AvgIpc) is 2.81. The van der Waals surface area contributed by atoms with Crippen LogP contribution in [0.5, 0.6) is 17.2 Å². The third kappa shape index (κ3) is 9.58. The van der Waals surface area contributed by atoms with Gasteiger partial charge in [0.2, 0.25) is 5.75 Å². The molecule has 184 valence electrons. The number of halogens is 1. The Morgan fingerprint density at radius 3 is 2.47 bits per heavy atom. The SMILES string of the molecule is CCNC(=NCCCOCC1CCOCC1)NCCc1ccc(OC)c(OC)c1OC.I. The van der Waals surface area contributed by atoms with Crippen molar-refractivity contribution in [3.8, 4) is 17.2 Å². The van der Waals surface area contributed by atoms with E-state index in [4.69, 9.17) is 23.7 Å². The molecule has 1 aromatic rings. The van der Waals surface area contributed by atoms with Crippen molar-refractivity contribution in [2.45, 2.75) is 32.6 Å². The summed E-state index contributed by atoms with van der Waals surface area (Å²) in [5.74, 6) is 3.43. The highest BCUT2D eigenvalue weighted by molar-refractivity contribution is 14.0. The van der Waals surface area contributed by atoms with E-state index in [0.29, 0.717) is 23.2 Å². The summed E-state index contributed by atoms with van der Waals surface area (Å²) in [7, 11) is 4.88. The van der Waals surface area contributed by atoms with Crippen LogP contribution in [0, 0.1) is 5.92 Å². The molecule has 2 N–H and O–H groups in total. The van der Waals surface area contributed by atoms with Gasteiger partial charge >= 0.3 is 0 Å². The Balaban J connectivity index is 0.00000512. The van der Waals surface area contributed by atoms with E-state index in [2.05, 4.69) is 22.5 Å². The minimum atomic E-state index is 0. The van der Waals surface area contributed by atoms with Crippen molar-refractivity contribution >= 4 is 29.9 Å². The molecule has 2 rings (SSSR count). The molecule has 1 heterocycles. The summed E-state index contributed by atoms with van der Waals surface area (Å²) in [4.78, 5) is 4.65. The van der Waals surface area contributed by atoms with Gasteiger partial charge in [-0.1, -0.05) is 6.07 Å². The van der Waals surface area contributed by atoms with Crippen molar-refractivity contribution in [2.75, 3.05) is 67.4 Å². The number of nitrogens with one attached hydrogen (secondary N) is 2. The highest BCUT2D eigenvalue weighted by Gasteiger charge is 2.16. The Labute approximate surface area is 209 Å². The number of hydrogen-bond acceptors (Lipinski definition) is 6. The van der Waals surface area contributed by atoms with Gasteiger partial charge in [0.25, 0.3) is 0 Å². The Morgan fingerprint density at radius 2 is 1.81 bits per heavy atom. The lowest BCUT2D eigenvalue weighted by Crippen LogP contribution is -2.38. The minimum absolute atomic E-state index is 0. The summed E-state index contributed by atoms with van der Waals surface area (Å²) in [6.07, 6.45) is 3.89. The first-order valence-corrected chi connectivity index (χ1v) is 11.2. The first-order valence-electron chi connectivity index (χ1n) is 11.2. The first kappa shape index (κ1) is 28.6. The smallest absolute Gasteiger partial charge is 0.203 e. The minimum Gasteiger partial charge on any atom is -0.493 e. The van der Waals surface area contributed by atoms with Gasteiger partial charge in [0.15, 0.2) is 17.5 Å². The first-order chi connectivity index (χ1) is 15.2. The number of methoxy groups -OCH3 is 3. The molecule has 0 spiro atoms. The van der Waals surface area contributed by atoms with Gasteiger partial charge in [0, 0.05) is 51.6 Å². The lowest BCUT2D eigenvalue weighted by molar-refractivity contribution is 0.0205. The standard InChI is InChI=1S/C23H39N3O5.HI/c1-5-24-23(25-12-6-14-31-17-18-10-15-30-16-11-18)26-13-9-19-7-8-20(27-2)22(29-4)21(19)28-3;/h7-8,18H,5-6,9-17H2,1-4H3,(H2,24,25,26);1H. The van der Waals surface area contributed by atoms with E-state index < -0.39 is 0 Å². The molecule has 0 aromatic heterocycles. The summed E-state index contributed by atoms with van der Waals surface area (Å²) in [6.45, 7) is 7.62. The number of guanidine groups is 1. The maximum absolute atomic E-state index is 5.82. The molecule has 0 aliphatic carbocycles. The number of aliphatic imine (C=N–C) groups is 1. The second kappa shape index (κ2) is 17.1. The third-order valence-electron chi connectivity index (χ3n) is 5.23. The Bertz CT molecular complexity index is 669. The fourth-order valence-electron chi connectivity index (χ4n) is 3.54. The van der Waals surface area contributed by atoms with Gasteiger partial charge in [0.1, 0.15) is 0 Å². The molecule has 1 saturated heterocycles. The molecule has 1 aliphatic rings. The normalized spacial score (nSPS) is 14.4. The van der Waals surface area contributed by atoms with Crippen LogP contribution in [0.25, 0.3) is 0 Å². The number of hydrogen-bond donors (Lipinski definition) is 2. The lowest BCUT2D eigenvalue weighted by atomic mass is 10.0. The second-order valence-electron chi connectivity index (χ2n) is 7.42. The summed E-state index contributed by atoms with van der Waals surface area (Å²) in [5, 5.41) is 6.67. The molecule has 0 saturated carbocycles. The van der Waals surface area contributed by atoms with E-state index >= 15 is 0 Å². The van der Waals surface area contributed by atoms with Crippen molar-refractivity contribution in [3.63, 3.8) is 0 Å². The van der Waals surface area contributed by atoms with E-state index in [0.717, 1.165) is 83.3 Å². The number of nitrogens with zero attached hydrogens (tertiary/aromatic N) is 1. The van der Waals surface area contributed by atoms with E-state index in [-0.39, 0.29) is 24.0 Å². The summed E-state index contributed by atoms with van der Waals surface area (Å²) in [6, 6.07) is 3.90. The van der Waals surface area contributed by atoms with E-state index in [1.165, 1.54) is 0 Å². The van der Waals surface area contributed by atoms with Gasteiger partial charge in [-0.25, -0.2) is 0 Å². The third-order valence-corrected chi connectivity index (χ3v) is 5.23. The van der Waals surface area contributed by atoms with Crippen LogP contribution >= 0.6 is 24.0 Å². The Morgan fingerprint density at radius 1 is 1.06 bits per heavy atom. The predicted octanol–water partition coefficient (Wildman–Crippen LogP) is 3.26. The van der Waals surface area contributed by atoms with Crippen LogP contribution in [-0.2, 0) is 15.9 Å². The zero-order valence-electron chi connectivity index (χ0n) is 19.9. The van der Waals surface area contributed by atoms with Gasteiger partial charge < -0.3 is 34.3 Å². The zero-order chi connectivity index (χ0) is 22.3. The maximum atomic E-state index is 5.82. The molecule has 1 fully saturated rings. The second-order valence-corrected chi connectivity index (χ2v) is 7.42. The topological polar surface area (TPSA) is 82.6 Å². The quantitative estimate of drug-likeness (QED) is 0.165. The van der Waals surface area contributed by atoms with Gasteiger partial charge in [-0.15, -0.1) is 24.0 Å². The van der Waals surface area contributed by atoms with Crippen molar-refractivity contribution < 1.29 is 23.7 Å². The molecular weight excluding hydrogens is 525 g/mol. The number of rotatable bonds is 13. The van der Waals surface area contributed by atoms with Gasteiger partial charge in [0.05, 0.1) is 21.3 Å². The molecular formula is C23H40IN3O5. The molecule has 32 heavy (non-hydrogen) atoms. The summed E-state index contributed by atoms with van der Waals surface area (Å²) >= 11 is 0. The Hall–Kier alpha value is -1.46. The highest BCUT2D eigenvalue weighted by atomic mass is 127. The molecule has 1 aliphatic heterocycles. The van der Waals surface area contributed by atoms with Crippen LogP contribution in [0.1, 0.15) is 31.7 Å². The molecule has 8 nitrogen and oxygen atoms in total. The largest absolute Gasteiger partial charge is 0.493 e. The van der Waals surface area contributed by atoms with Crippen molar-refractivity contribution in [3.05, 3.63) is 17.7 Å². The fourth-order valence-corrected chi connectivity index (χ4v) is 3.54. The maximum Gasteiger partial charge on any atom is 0.203 e. The van der Waals surface area contributed by atoms with Crippen LogP contribution in [0.2, 0.25) is 0 Å². The van der Waals surface area contributed by atoms with E-state index in [1.807, 2.05) is 12.1 Å². The molecule has 0 atom stereocenters. The molecule has 0 amide bonds. The molecule has 0 bridgehead atoms. The van der Waals surface area contributed by atoms with Crippen LogP contribution in [0.15, 0.2) is 17.1 Å². The van der Waals surface area contributed by atoms with Gasteiger partial charge in [-0.2, -0.15) is 0 Å². The molecule has 9 heteroatoms.